The molecule has 2 rings (SSSR count). The van der Waals surface area contributed by atoms with Crippen molar-refractivity contribution in [2.24, 2.45) is 4.99 Å². The Balaban J connectivity index is 0.00000242. The molecule has 0 saturated carbocycles. The summed E-state index contributed by atoms with van der Waals surface area (Å²) in [6.45, 7) is 2.39. The van der Waals surface area contributed by atoms with Crippen LogP contribution in [0.15, 0.2) is 47.7 Å². The van der Waals surface area contributed by atoms with E-state index in [1.165, 1.54) is 5.56 Å². The Morgan fingerprint density at radius 1 is 1.27 bits per heavy atom. The van der Waals surface area contributed by atoms with Gasteiger partial charge in [-0.15, -0.1) is 24.0 Å². The first-order valence-corrected chi connectivity index (χ1v) is 7.32. The zero-order chi connectivity index (χ0) is 14.9. The van der Waals surface area contributed by atoms with Gasteiger partial charge in [0.2, 0.25) is 0 Å². The average Bonchev–Trinajstić information content (AvgIpc) is 2.99. The van der Waals surface area contributed by atoms with Crippen LogP contribution in [-0.2, 0) is 13.0 Å². The van der Waals surface area contributed by atoms with E-state index < -0.39 is 0 Å². The van der Waals surface area contributed by atoms with E-state index >= 15 is 0 Å². The number of guanidine groups is 1. The minimum Gasteiger partial charge on any atom is -0.356 e. The molecule has 0 saturated heterocycles. The summed E-state index contributed by atoms with van der Waals surface area (Å²) in [5.74, 6) is 0.796. The van der Waals surface area contributed by atoms with Crippen LogP contribution in [0.5, 0.6) is 0 Å². The van der Waals surface area contributed by atoms with Gasteiger partial charge in [0, 0.05) is 37.6 Å². The molecule has 0 radical (unpaired) electrons. The van der Waals surface area contributed by atoms with E-state index in [9.17, 15) is 0 Å². The van der Waals surface area contributed by atoms with E-state index in [2.05, 4.69) is 26.8 Å². The van der Waals surface area contributed by atoms with Crippen molar-refractivity contribution in [3.8, 4) is 0 Å². The van der Waals surface area contributed by atoms with Crippen molar-refractivity contribution in [2.75, 3.05) is 20.1 Å². The molecule has 1 heterocycles. The summed E-state index contributed by atoms with van der Waals surface area (Å²) >= 11 is 5.97. The highest BCUT2D eigenvalue weighted by Gasteiger charge is 1.99. The summed E-state index contributed by atoms with van der Waals surface area (Å²) in [6, 6.07) is 9.82. The maximum absolute atomic E-state index is 5.97. The van der Waals surface area contributed by atoms with Crippen molar-refractivity contribution in [1.29, 1.82) is 0 Å². The molecule has 2 N–H and O–H groups in total. The molecule has 0 unspecified atom stereocenters. The SMILES string of the molecule is CN=C(NCCc1cccc(Cl)c1)NCCn1cccn1.I. The van der Waals surface area contributed by atoms with Gasteiger partial charge in [-0.1, -0.05) is 23.7 Å². The van der Waals surface area contributed by atoms with Crippen molar-refractivity contribution >= 4 is 41.5 Å². The lowest BCUT2D eigenvalue weighted by atomic mass is 10.1. The summed E-state index contributed by atoms with van der Waals surface area (Å²) in [5, 5.41) is 11.5. The van der Waals surface area contributed by atoms with E-state index in [1.807, 2.05) is 35.1 Å². The van der Waals surface area contributed by atoms with Crippen molar-refractivity contribution in [3.05, 3.63) is 53.3 Å². The van der Waals surface area contributed by atoms with Gasteiger partial charge in [-0.05, 0) is 30.2 Å². The van der Waals surface area contributed by atoms with Crippen LogP contribution < -0.4 is 10.6 Å². The zero-order valence-corrected chi connectivity index (χ0v) is 15.6. The van der Waals surface area contributed by atoms with Crippen LogP contribution in [0.3, 0.4) is 0 Å². The molecule has 7 heteroatoms. The molecule has 0 aliphatic carbocycles. The van der Waals surface area contributed by atoms with Gasteiger partial charge in [0.25, 0.3) is 0 Å². The molecule has 0 aliphatic heterocycles. The van der Waals surface area contributed by atoms with Gasteiger partial charge in [-0.25, -0.2) is 0 Å². The third-order valence-electron chi connectivity index (χ3n) is 3.01. The van der Waals surface area contributed by atoms with Crippen LogP contribution in [0, 0.1) is 0 Å². The Bertz CT molecular complexity index is 571. The molecule has 0 aliphatic rings. The fourth-order valence-corrected chi connectivity index (χ4v) is 2.17. The Kier molecular flexibility index (Phi) is 8.91. The molecule has 0 atom stereocenters. The smallest absolute Gasteiger partial charge is 0.191 e. The number of aromatic nitrogens is 2. The molecule has 1 aromatic heterocycles. The Labute approximate surface area is 153 Å². The molecule has 2 aromatic rings. The lowest BCUT2D eigenvalue weighted by molar-refractivity contribution is 0.598. The van der Waals surface area contributed by atoms with Crippen molar-refractivity contribution < 1.29 is 0 Å². The Hall–Kier alpha value is -1.28. The average molecular weight is 434 g/mol. The van der Waals surface area contributed by atoms with E-state index in [0.717, 1.165) is 37.0 Å². The number of nitrogens with one attached hydrogen (secondary N) is 2. The first kappa shape index (κ1) is 18.8. The summed E-state index contributed by atoms with van der Waals surface area (Å²) in [4.78, 5) is 4.19. The molecule has 0 spiro atoms. The zero-order valence-electron chi connectivity index (χ0n) is 12.5. The highest BCUT2D eigenvalue weighted by atomic mass is 127. The highest BCUT2D eigenvalue weighted by molar-refractivity contribution is 14.0. The number of halogens is 2. The maximum atomic E-state index is 5.97. The van der Waals surface area contributed by atoms with E-state index in [4.69, 9.17) is 11.6 Å². The number of nitrogens with zero attached hydrogens (tertiary/aromatic N) is 3. The molecule has 5 nitrogen and oxygen atoms in total. The van der Waals surface area contributed by atoms with Gasteiger partial charge in [0.05, 0.1) is 6.54 Å². The lowest BCUT2D eigenvalue weighted by Crippen LogP contribution is -2.39. The standard InChI is InChI=1S/C15H20ClN5.HI/c1-17-15(19-9-11-21-10-3-7-20-21)18-8-6-13-4-2-5-14(16)12-13;/h2-5,7,10,12H,6,8-9,11H2,1H3,(H2,17,18,19);1H. The first-order chi connectivity index (χ1) is 10.3. The predicted molar refractivity (Wildman–Crippen MR) is 102 cm³/mol. The number of hydrogen-bond acceptors (Lipinski definition) is 2. The van der Waals surface area contributed by atoms with Crippen molar-refractivity contribution in [3.63, 3.8) is 0 Å². The van der Waals surface area contributed by atoms with Gasteiger partial charge < -0.3 is 10.6 Å². The maximum Gasteiger partial charge on any atom is 0.191 e. The number of aliphatic imine (C=N–C) groups is 1. The van der Waals surface area contributed by atoms with E-state index in [1.54, 1.807) is 13.2 Å². The summed E-state index contributed by atoms with van der Waals surface area (Å²) in [5.41, 5.74) is 1.21. The Morgan fingerprint density at radius 2 is 2.09 bits per heavy atom. The highest BCUT2D eigenvalue weighted by Crippen LogP contribution is 2.10. The van der Waals surface area contributed by atoms with Crippen LogP contribution in [-0.4, -0.2) is 35.9 Å². The van der Waals surface area contributed by atoms with E-state index in [0.29, 0.717) is 0 Å². The molecule has 0 amide bonds. The van der Waals surface area contributed by atoms with E-state index in [-0.39, 0.29) is 24.0 Å². The number of benzene rings is 1. The van der Waals surface area contributed by atoms with Gasteiger partial charge in [0.1, 0.15) is 0 Å². The molecule has 120 valence electrons. The monoisotopic (exact) mass is 433 g/mol. The van der Waals surface area contributed by atoms with Crippen LogP contribution in [0.1, 0.15) is 5.56 Å². The molecule has 0 bridgehead atoms. The topological polar surface area (TPSA) is 54.2 Å². The lowest BCUT2D eigenvalue weighted by Gasteiger charge is -2.12. The minimum absolute atomic E-state index is 0. The molecule has 0 fully saturated rings. The first-order valence-electron chi connectivity index (χ1n) is 6.94. The molecular weight excluding hydrogens is 413 g/mol. The van der Waals surface area contributed by atoms with Crippen molar-refractivity contribution in [1.82, 2.24) is 20.4 Å². The normalized spacial score (nSPS) is 10.9. The molecule has 1 aromatic carbocycles. The summed E-state index contributed by atoms with van der Waals surface area (Å²) in [7, 11) is 1.77. The second kappa shape index (κ2) is 10.4. The number of hydrogen-bond donors (Lipinski definition) is 2. The van der Waals surface area contributed by atoms with Crippen LogP contribution >= 0.6 is 35.6 Å². The van der Waals surface area contributed by atoms with Gasteiger partial charge in [0.15, 0.2) is 5.96 Å². The second-order valence-corrected chi connectivity index (χ2v) is 5.01. The summed E-state index contributed by atoms with van der Waals surface area (Å²) < 4.78 is 1.88. The Morgan fingerprint density at radius 3 is 2.77 bits per heavy atom. The minimum atomic E-state index is 0. The third-order valence-corrected chi connectivity index (χ3v) is 3.25. The van der Waals surface area contributed by atoms with Crippen LogP contribution in [0.25, 0.3) is 0 Å². The van der Waals surface area contributed by atoms with Gasteiger partial charge in [-0.3, -0.25) is 9.67 Å². The quantitative estimate of drug-likeness (QED) is 0.418. The second-order valence-electron chi connectivity index (χ2n) is 4.57. The van der Waals surface area contributed by atoms with Gasteiger partial charge in [-0.2, -0.15) is 5.10 Å². The van der Waals surface area contributed by atoms with Gasteiger partial charge >= 0.3 is 0 Å². The largest absolute Gasteiger partial charge is 0.356 e. The molecule has 22 heavy (non-hydrogen) atoms. The number of rotatable bonds is 6. The molecular formula is C15H21ClIN5. The van der Waals surface area contributed by atoms with Crippen LogP contribution in [0.4, 0.5) is 0 Å². The predicted octanol–water partition coefficient (Wildman–Crippen LogP) is 2.56. The van der Waals surface area contributed by atoms with Crippen LogP contribution in [0.2, 0.25) is 5.02 Å². The third kappa shape index (κ3) is 6.65. The fraction of sp³-hybridized carbons (Fsp3) is 0.333. The van der Waals surface area contributed by atoms with Crippen molar-refractivity contribution in [2.45, 2.75) is 13.0 Å². The summed E-state index contributed by atoms with van der Waals surface area (Å²) in [6.07, 6.45) is 4.62. The fourth-order valence-electron chi connectivity index (χ4n) is 1.96.